The molecule has 0 saturated heterocycles. The molecule has 6 nitrogen and oxygen atoms in total. The number of pyridine rings is 1. The topological polar surface area (TPSA) is 84.1 Å². The number of nitrogens with one attached hydrogen (secondary N) is 2. The number of carbonyl (C=O) groups excluding carboxylic acids is 2. The van der Waals surface area contributed by atoms with Gasteiger partial charge in [0.1, 0.15) is 5.69 Å². The van der Waals surface area contributed by atoms with Crippen LogP contribution >= 0.6 is 0 Å². The molecule has 0 saturated carbocycles. The van der Waals surface area contributed by atoms with Crippen molar-refractivity contribution in [3.05, 3.63) is 52.1 Å². The van der Waals surface area contributed by atoms with E-state index in [2.05, 4.69) is 15.3 Å². The van der Waals surface area contributed by atoms with E-state index in [1.807, 2.05) is 25.1 Å². The van der Waals surface area contributed by atoms with Crippen molar-refractivity contribution in [3.63, 3.8) is 0 Å². The fourth-order valence-corrected chi connectivity index (χ4v) is 2.51. The van der Waals surface area contributed by atoms with Gasteiger partial charge in [-0.05, 0) is 52.3 Å². The monoisotopic (exact) mass is 329 g/mol. The molecule has 0 atom stereocenters. The first kappa shape index (κ1) is 17.7. The second-order valence-electron chi connectivity index (χ2n) is 6.03. The highest BCUT2D eigenvalue weighted by Crippen LogP contribution is 2.19. The van der Waals surface area contributed by atoms with E-state index in [4.69, 9.17) is 4.74 Å². The van der Waals surface area contributed by atoms with Gasteiger partial charge in [0.25, 0.3) is 5.91 Å². The van der Waals surface area contributed by atoms with Gasteiger partial charge in [-0.2, -0.15) is 0 Å². The maximum Gasteiger partial charge on any atom is 0.340 e. The molecular formula is C18H23N3O3. The first-order valence-corrected chi connectivity index (χ1v) is 7.90. The Morgan fingerprint density at radius 1 is 1.25 bits per heavy atom. The number of rotatable bonds is 5. The Labute approximate surface area is 141 Å². The van der Waals surface area contributed by atoms with E-state index in [0.29, 0.717) is 29.1 Å². The fraction of sp³-hybridized carbons (Fsp3) is 0.389. The lowest BCUT2D eigenvalue weighted by Crippen LogP contribution is -2.24. The Morgan fingerprint density at radius 3 is 2.58 bits per heavy atom. The molecule has 0 radical (unpaired) electrons. The number of amides is 1. The summed E-state index contributed by atoms with van der Waals surface area (Å²) in [5.74, 6) is -0.696. The van der Waals surface area contributed by atoms with E-state index in [1.54, 1.807) is 27.7 Å². The minimum Gasteiger partial charge on any atom is -0.459 e. The van der Waals surface area contributed by atoms with E-state index in [9.17, 15) is 9.59 Å². The van der Waals surface area contributed by atoms with Crippen LogP contribution in [0.1, 0.15) is 57.3 Å². The van der Waals surface area contributed by atoms with Crippen molar-refractivity contribution in [2.75, 3.05) is 0 Å². The average molecular weight is 329 g/mol. The van der Waals surface area contributed by atoms with Gasteiger partial charge in [0, 0.05) is 11.4 Å². The average Bonchev–Trinajstić information content (AvgIpc) is 2.79. The first-order valence-electron chi connectivity index (χ1n) is 7.90. The summed E-state index contributed by atoms with van der Waals surface area (Å²) in [5, 5.41) is 2.82. The quantitative estimate of drug-likeness (QED) is 0.826. The van der Waals surface area contributed by atoms with Gasteiger partial charge in [0.15, 0.2) is 0 Å². The van der Waals surface area contributed by atoms with Crippen LogP contribution in [0, 0.1) is 20.8 Å². The summed E-state index contributed by atoms with van der Waals surface area (Å²) in [6.45, 7) is 9.29. The highest BCUT2D eigenvalue weighted by Gasteiger charge is 2.23. The molecule has 0 unspecified atom stereocenters. The number of hydrogen-bond acceptors (Lipinski definition) is 4. The zero-order valence-electron chi connectivity index (χ0n) is 14.7. The van der Waals surface area contributed by atoms with Crippen molar-refractivity contribution < 1.29 is 14.3 Å². The smallest absolute Gasteiger partial charge is 0.340 e. The maximum absolute atomic E-state index is 12.4. The molecule has 0 bridgehead atoms. The van der Waals surface area contributed by atoms with E-state index < -0.39 is 5.97 Å². The lowest BCUT2D eigenvalue weighted by Gasteiger charge is -2.08. The molecule has 2 aromatic heterocycles. The molecule has 0 aromatic carbocycles. The van der Waals surface area contributed by atoms with E-state index in [1.165, 1.54) is 0 Å². The second-order valence-corrected chi connectivity index (χ2v) is 6.03. The van der Waals surface area contributed by atoms with Crippen molar-refractivity contribution in [2.45, 2.75) is 47.3 Å². The Kier molecular flexibility index (Phi) is 5.39. The number of aromatic amines is 1. The third-order valence-electron chi connectivity index (χ3n) is 3.59. The van der Waals surface area contributed by atoms with Crippen LogP contribution < -0.4 is 5.32 Å². The molecule has 0 aliphatic rings. The zero-order chi connectivity index (χ0) is 17.9. The maximum atomic E-state index is 12.4. The van der Waals surface area contributed by atoms with E-state index in [0.717, 1.165) is 11.4 Å². The minimum atomic E-state index is -0.421. The van der Waals surface area contributed by atoms with Gasteiger partial charge in [-0.25, -0.2) is 4.79 Å². The number of nitrogens with zero attached hydrogens (tertiary/aromatic N) is 1. The highest BCUT2D eigenvalue weighted by molar-refractivity contribution is 6.00. The molecule has 0 spiro atoms. The fourth-order valence-electron chi connectivity index (χ4n) is 2.51. The van der Waals surface area contributed by atoms with Crippen LogP contribution in [0.15, 0.2) is 18.2 Å². The Bertz CT molecular complexity index is 763. The van der Waals surface area contributed by atoms with Crippen LogP contribution in [0.4, 0.5) is 0 Å². The number of aromatic nitrogens is 2. The number of esters is 1. The predicted octanol–water partition coefficient (Wildman–Crippen LogP) is 2.83. The van der Waals surface area contributed by atoms with Crippen molar-refractivity contribution in [2.24, 2.45) is 0 Å². The van der Waals surface area contributed by atoms with E-state index in [-0.39, 0.29) is 12.0 Å². The molecule has 6 heteroatoms. The third-order valence-corrected chi connectivity index (χ3v) is 3.59. The summed E-state index contributed by atoms with van der Waals surface area (Å²) >= 11 is 0. The van der Waals surface area contributed by atoms with Crippen LogP contribution in [0.2, 0.25) is 0 Å². The summed E-state index contributed by atoms with van der Waals surface area (Å²) in [7, 11) is 0. The van der Waals surface area contributed by atoms with Gasteiger partial charge >= 0.3 is 5.97 Å². The van der Waals surface area contributed by atoms with Gasteiger partial charge in [0.05, 0.1) is 23.9 Å². The molecule has 24 heavy (non-hydrogen) atoms. The van der Waals surface area contributed by atoms with Crippen LogP contribution in [-0.2, 0) is 11.3 Å². The van der Waals surface area contributed by atoms with Crippen molar-refractivity contribution in [1.29, 1.82) is 0 Å². The SMILES string of the molecule is Cc1cccc(CNC(=O)c2[nH]c(C)c(C(=O)OC(C)C)c2C)n1. The van der Waals surface area contributed by atoms with Gasteiger partial charge in [0.2, 0.25) is 0 Å². The number of H-pyrrole nitrogens is 1. The van der Waals surface area contributed by atoms with Gasteiger partial charge < -0.3 is 15.0 Å². The summed E-state index contributed by atoms with van der Waals surface area (Å²) in [5.41, 5.74) is 3.68. The van der Waals surface area contributed by atoms with Crippen molar-refractivity contribution in [3.8, 4) is 0 Å². The van der Waals surface area contributed by atoms with Gasteiger partial charge in [-0.15, -0.1) is 0 Å². The Balaban J connectivity index is 2.14. The zero-order valence-corrected chi connectivity index (χ0v) is 14.7. The molecule has 1 amide bonds. The molecular weight excluding hydrogens is 306 g/mol. The second kappa shape index (κ2) is 7.29. The molecule has 128 valence electrons. The van der Waals surface area contributed by atoms with E-state index >= 15 is 0 Å². The number of ether oxygens (including phenoxy) is 1. The minimum absolute atomic E-state index is 0.212. The summed E-state index contributed by atoms with van der Waals surface area (Å²) in [6.07, 6.45) is -0.212. The van der Waals surface area contributed by atoms with Crippen LogP contribution in [0.5, 0.6) is 0 Å². The summed E-state index contributed by atoms with van der Waals surface area (Å²) in [6, 6.07) is 5.65. The molecule has 0 aliphatic heterocycles. The third kappa shape index (κ3) is 4.01. The molecule has 0 aliphatic carbocycles. The molecule has 2 N–H and O–H groups in total. The van der Waals surface area contributed by atoms with Crippen LogP contribution in [0.3, 0.4) is 0 Å². The largest absolute Gasteiger partial charge is 0.459 e. The Morgan fingerprint density at radius 2 is 1.96 bits per heavy atom. The first-order chi connectivity index (χ1) is 11.3. The predicted molar refractivity (Wildman–Crippen MR) is 91.0 cm³/mol. The molecule has 2 rings (SSSR count). The number of carbonyl (C=O) groups is 2. The summed E-state index contributed by atoms with van der Waals surface area (Å²) < 4.78 is 5.23. The van der Waals surface area contributed by atoms with Crippen LogP contribution in [0.25, 0.3) is 0 Å². The lowest BCUT2D eigenvalue weighted by atomic mass is 10.1. The molecule has 2 heterocycles. The number of aryl methyl sites for hydroxylation is 2. The van der Waals surface area contributed by atoms with Crippen molar-refractivity contribution in [1.82, 2.24) is 15.3 Å². The summed E-state index contributed by atoms with van der Waals surface area (Å²) in [4.78, 5) is 31.9. The molecule has 0 fully saturated rings. The molecule has 2 aromatic rings. The van der Waals surface area contributed by atoms with Gasteiger partial charge in [-0.1, -0.05) is 6.07 Å². The standard InChI is InChI=1S/C18H23N3O3/c1-10(2)24-18(23)15-12(4)16(21-13(15)5)17(22)19-9-14-8-6-7-11(3)20-14/h6-8,10,21H,9H2,1-5H3,(H,19,22). The normalized spacial score (nSPS) is 10.8. The number of hydrogen-bond donors (Lipinski definition) is 2. The van der Waals surface area contributed by atoms with Crippen LogP contribution in [-0.4, -0.2) is 27.9 Å². The van der Waals surface area contributed by atoms with Crippen molar-refractivity contribution >= 4 is 11.9 Å². The lowest BCUT2D eigenvalue weighted by molar-refractivity contribution is 0.0376. The Hall–Kier alpha value is -2.63. The van der Waals surface area contributed by atoms with Gasteiger partial charge in [-0.3, -0.25) is 9.78 Å². The highest BCUT2D eigenvalue weighted by atomic mass is 16.5.